The fraction of sp³-hybridized carbons (Fsp3) is 0.318. The zero-order chi connectivity index (χ0) is 21.5. The van der Waals surface area contributed by atoms with Gasteiger partial charge >= 0.3 is 5.97 Å². The van der Waals surface area contributed by atoms with Gasteiger partial charge < -0.3 is 25.2 Å². The number of carboxylic acids is 1. The normalized spacial score (nSPS) is 15.4. The minimum Gasteiger partial charge on any atom is -0.491 e. The smallest absolute Gasteiger partial charge is 0.303 e. The largest absolute Gasteiger partial charge is 0.491 e. The van der Waals surface area contributed by atoms with E-state index in [-0.39, 0.29) is 25.3 Å². The van der Waals surface area contributed by atoms with E-state index in [1.165, 1.54) is 30.3 Å². The van der Waals surface area contributed by atoms with Gasteiger partial charge in [0.05, 0.1) is 12.2 Å². The number of hydrogen-bond donors (Lipinski definition) is 4. The summed E-state index contributed by atoms with van der Waals surface area (Å²) in [6.45, 7) is 0.0429. The molecule has 1 aromatic carbocycles. The number of carbonyl (C=O) groups is 1. The van der Waals surface area contributed by atoms with Crippen LogP contribution in [0.3, 0.4) is 0 Å². The molecule has 7 heteroatoms. The van der Waals surface area contributed by atoms with Gasteiger partial charge in [-0.1, -0.05) is 48.6 Å². The van der Waals surface area contributed by atoms with Gasteiger partial charge in [0, 0.05) is 6.42 Å². The van der Waals surface area contributed by atoms with Gasteiger partial charge in [0.1, 0.15) is 24.3 Å². The summed E-state index contributed by atoms with van der Waals surface area (Å²) in [5, 5.41) is 37.7. The van der Waals surface area contributed by atoms with Crippen molar-refractivity contribution in [2.24, 2.45) is 0 Å². The number of benzene rings is 1. The highest BCUT2D eigenvalue weighted by Crippen LogP contribution is 2.11. The molecular formula is C22H27FO6. The van der Waals surface area contributed by atoms with Crippen LogP contribution in [0.25, 0.3) is 0 Å². The molecule has 0 bridgehead atoms. The molecule has 0 saturated carbocycles. The molecule has 0 spiro atoms. The molecule has 0 heterocycles. The quantitative estimate of drug-likeness (QED) is 0.375. The molecule has 0 aliphatic carbocycles. The van der Waals surface area contributed by atoms with Gasteiger partial charge in [0.15, 0.2) is 0 Å². The van der Waals surface area contributed by atoms with E-state index in [4.69, 9.17) is 9.84 Å². The van der Waals surface area contributed by atoms with Crippen molar-refractivity contribution in [3.63, 3.8) is 0 Å². The van der Waals surface area contributed by atoms with Crippen LogP contribution in [0.5, 0.6) is 5.75 Å². The summed E-state index contributed by atoms with van der Waals surface area (Å²) in [6.07, 6.45) is 10.5. The number of halogens is 1. The maximum Gasteiger partial charge on any atom is 0.303 e. The van der Waals surface area contributed by atoms with Crippen LogP contribution >= 0.6 is 0 Å². The van der Waals surface area contributed by atoms with Gasteiger partial charge in [-0.05, 0) is 37.1 Å². The highest BCUT2D eigenvalue weighted by molar-refractivity contribution is 5.66. The number of rotatable bonds is 13. The molecule has 3 atom stereocenters. The maximum atomic E-state index is 12.8. The van der Waals surface area contributed by atoms with Crippen LogP contribution in [0.15, 0.2) is 72.9 Å². The molecule has 0 amide bonds. The van der Waals surface area contributed by atoms with E-state index in [1.807, 2.05) is 0 Å². The Kier molecular flexibility index (Phi) is 12.0. The standard InChI is InChI=1S/C22H27FO6/c23-17-12-14-19(15-13-17)29-16-18(24)8-5-3-1-2-4-6-9-20(25)21(26)10-7-11-22(27)28/h1-6,8-9,12-15,18,20-21,24-26H,7,10-11,16H2,(H,27,28)/b3-1+,4-2+,8-5+,9-6+. The van der Waals surface area contributed by atoms with E-state index in [0.717, 1.165) is 0 Å². The summed E-state index contributed by atoms with van der Waals surface area (Å²) in [6, 6.07) is 5.52. The third kappa shape index (κ3) is 12.4. The van der Waals surface area contributed by atoms with E-state index in [0.29, 0.717) is 12.2 Å². The Morgan fingerprint density at radius 1 is 0.966 bits per heavy atom. The van der Waals surface area contributed by atoms with E-state index in [9.17, 15) is 24.5 Å². The molecule has 158 valence electrons. The second-order valence-corrected chi connectivity index (χ2v) is 6.22. The van der Waals surface area contributed by atoms with Crippen molar-refractivity contribution in [3.05, 3.63) is 78.7 Å². The molecule has 0 aliphatic rings. The lowest BCUT2D eigenvalue weighted by atomic mass is 10.1. The predicted molar refractivity (Wildman–Crippen MR) is 108 cm³/mol. The lowest BCUT2D eigenvalue weighted by molar-refractivity contribution is -0.137. The van der Waals surface area contributed by atoms with Crippen molar-refractivity contribution in [1.29, 1.82) is 0 Å². The Labute approximate surface area is 169 Å². The average Bonchev–Trinajstić information content (AvgIpc) is 2.69. The number of aliphatic hydroxyl groups excluding tert-OH is 3. The van der Waals surface area contributed by atoms with Crippen LogP contribution in [0.2, 0.25) is 0 Å². The lowest BCUT2D eigenvalue weighted by Gasteiger charge is -2.13. The van der Waals surface area contributed by atoms with Crippen LogP contribution in [-0.2, 0) is 4.79 Å². The van der Waals surface area contributed by atoms with Crippen molar-refractivity contribution in [1.82, 2.24) is 0 Å². The van der Waals surface area contributed by atoms with E-state index >= 15 is 0 Å². The zero-order valence-electron chi connectivity index (χ0n) is 16.0. The van der Waals surface area contributed by atoms with Crippen LogP contribution in [0, 0.1) is 5.82 Å². The second-order valence-electron chi connectivity index (χ2n) is 6.22. The number of allylic oxidation sites excluding steroid dienone is 6. The molecule has 29 heavy (non-hydrogen) atoms. The Hall–Kier alpha value is -2.74. The summed E-state index contributed by atoms with van der Waals surface area (Å²) < 4.78 is 18.1. The first kappa shape index (κ1) is 24.3. The first-order valence-electron chi connectivity index (χ1n) is 9.21. The topological polar surface area (TPSA) is 107 Å². The van der Waals surface area contributed by atoms with Gasteiger partial charge in [0.25, 0.3) is 0 Å². The molecule has 3 unspecified atom stereocenters. The molecule has 0 aliphatic heterocycles. The fourth-order valence-corrected chi connectivity index (χ4v) is 2.16. The summed E-state index contributed by atoms with van der Waals surface area (Å²) in [5.41, 5.74) is 0. The fourth-order valence-electron chi connectivity index (χ4n) is 2.16. The van der Waals surface area contributed by atoms with Crippen LogP contribution in [0.4, 0.5) is 4.39 Å². The maximum absolute atomic E-state index is 12.8. The lowest BCUT2D eigenvalue weighted by Crippen LogP contribution is -2.23. The zero-order valence-corrected chi connectivity index (χ0v) is 16.0. The summed E-state index contributed by atoms with van der Waals surface area (Å²) in [4.78, 5) is 10.4. The van der Waals surface area contributed by atoms with Crippen LogP contribution in [0.1, 0.15) is 19.3 Å². The van der Waals surface area contributed by atoms with Gasteiger partial charge in [-0.2, -0.15) is 0 Å². The van der Waals surface area contributed by atoms with Gasteiger partial charge in [-0.3, -0.25) is 4.79 Å². The average molecular weight is 406 g/mol. The van der Waals surface area contributed by atoms with Crippen LogP contribution in [-0.4, -0.2) is 51.3 Å². The van der Waals surface area contributed by atoms with Crippen LogP contribution < -0.4 is 4.74 Å². The summed E-state index contributed by atoms with van der Waals surface area (Å²) >= 11 is 0. The monoisotopic (exact) mass is 406 g/mol. The van der Waals surface area contributed by atoms with Crippen molar-refractivity contribution in [2.45, 2.75) is 37.6 Å². The second kappa shape index (κ2) is 14.3. The van der Waals surface area contributed by atoms with Gasteiger partial charge in [-0.25, -0.2) is 4.39 Å². The molecule has 4 N–H and O–H groups in total. The molecule has 1 rings (SSSR count). The summed E-state index contributed by atoms with van der Waals surface area (Å²) in [7, 11) is 0. The molecular weight excluding hydrogens is 379 g/mol. The Balaban J connectivity index is 2.24. The molecule has 0 saturated heterocycles. The first-order valence-corrected chi connectivity index (χ1v) is 9.21. The SMILES string of the molecule is O=C(O)CCCC(O)C(O)/C=C/C=C/C=C/C=C/C(O)COc1ccc(F)cc1. The van der Waals surface area contributed by atoms with Crippen molar-refractivity contribution < 1.29 is 34.3 Å². The Morgan fingerprint density at radius 2 is 1.55 bits per heavy atom. The first-order chi connectivity index (χ1) is 13.9. The van der Waals surface area contributed by atoms with Crippen molar-refractivity contribution >= 4 is 5.97 Å². The number of ether oxygens (including phenoxy) is 1. The molecule has 0 radical (unpaired) electrons. The van der Waals surface area contributed by atoms with Gasteiger partial charge in [-0.15, -0.1) is 0 Å². The predicted octanol–water partition coefficient (Wildman–Crippen LogP) is 2.77. The number of aliphatic hydroxyl groups is 3. The van der Waals surface area contributed by atoms with E-state index < -0.39 is 24.3 Å². The Morgan fingerprint density at radius 3 is 2.17 bits per heavy atom. The third-order valence-corrected chi connectivity index (χ3v) is 3.72. The van der Waals surface area contributed by atoms with Crippen molar-refractivity contribution in [3.8, 4) is 5.75 Å². The number of hydrogen-bond acceptors (Lipinski definition) is 5. The van der Waals surface area contributed by atoms with E-state index in [1.54, 1.807) is 42.5 Å². The molecule has 1 aromatic rings. The molecule has 0 fully saturated rings. The molecule has 0 aromatic heterocycles. The van der Waals surface area contributed by atoms with E-state index in [2.05, 4.69) is 0 Å². The Bertz CT molecular complexity index is 709. The summed E-state index contributed by atoms with van der Waals surface area (Å²) in [5.74, 6) is -0.815. The minimum absolute atomic E-state index is 0.0429. The van der Waals surface area contributed by atoms with Crippen molar-refractivity contribution in [2.75, 3.05) is 6.61 Å². The number of carboxylic acid groups (broad SMARTS) is 1. The number of aliphatic carboxylic acids is 1. The third-order valence-electron chi connectivity index (χ3n) is 3.72. The highest BCUT2D eigenvalue weighted by atomic mass is 19.1. The molecule has 6 nitrogen and oxygen atoms in total. The highest BCUT2D eigenvalue weighted by Gasteiger charge is 2.12. The minimum atomic E-state index is -1.06. The van der Waals surface area contributed by atoms with Gasteiger partial charge in [0.2, 0.25) is 0 Å².